The highest BCUT2D eigenvalue weighted by atomic mass is 79.9. The molecule has 0 saturated carbocycles. The van der Waals surface area contributed by atoms with Gasteiger partial charge < -0.3 is 10.3 Å². The summed E-state index contributed by atoms with van der Waals surface area (Å²) in [6, 6.07) is 3.37. The molecule has 5 nitrogen and oxygen atoms in total. The summed E-state index contributed by atoms with van der Waals surface area (Å²) in [5.74, 6) is 0.156. The molecule has 19 heavy (non-hydrogen) atoms. The van der Waals surface area contributed by atoms with Gasteiger partial charge in [-0.3, -0.25) is 0 Å². The van der Waals surface area contributed by atoms with Crippen LogP contribution in [-0.4, -0.2) is 26.1 Å². The normalized spacial score (nSPS) is 11.7. The van der Waals surface area contributed by atoms with Crippen molar-refractivity contribution in [2.24, 2.45) is 0 Å². The van der Waals surface area contributed by atoms with Gasteiger partial charge in [-0.25, -0.2) is 8.42 Å². The van der Waals surface area contributed by atoms with Crippen molar-refractivity contribution in [2.45, 2.75) is 9.79 Å². The van der Waals surface area contributed by atoms with E-state index in [1.54, 1.807) is 12.1 Å². The van der Waals surface area contributed by atoms with E-state index >= 15 is 0 Å². The highest BCUT2D eigenvalue weighted by molar-refractivity contribution is 9.10. The largest absolute Gasteiger partial charge is 0.367 e. The van der Waals surface area contributed by atoms with Crippen molar-refractivity contribution < 1.29 is 12.9 Å². The van der Waals surface area contributed by atoms with Gasteiger partial charge in [-0.1, -0.05) is 5.16 Å². The second-order valence-corrected chi connectivity index (χ2v) is 7.52. The van der Waals surface area contributed by atoms with E-state index in [1.807, 2.05) is 6.26 Å². The van der Waals surface area contributed by atoms with Gasteiger partial charge in [0.25, 0.3) is 0 Å². The minimum Gasteiger partial charge on any atom is -0.367 e. The van der Waals surface area contributed by atoms with Gasteiger partial charge in [0, 0.05) is 15.6 Å². The number of halogens is 1. The predicted octanol–water partition coefficient (Wildman–Crippen LogP) is 2.81. The average Bonchev–Trinajstić information content (AvgIpc) is 2.73. The maximum Gasteiger partial charge on any atom is 0.229 e. The summed E-state index contributed by atoms with van der Waals surface area (Å²) in [6.07, 6.45) is 4.46. The van der Waals surface area contributed by atoms with Crippen LogP contribution in [0.4, 0.5) is 5.88 Å². The Hall–Kier alpha value is -0.990. The van der Waals surface area contributed by atoms with Crippen LogP contribution in [0.1, 0.15) is 0 Å². The molecule has 1 aromatic heterocycles. The zero-order valence-corrected chi connectivity index (χ0v) is 13.4. The fourth-order valence-electron chi connectivity index (χ4n) is 1.66. The number of benzene rings is 1. The first kappa shape index (κ1) is 14.4. The Morgan fingerprint density at radius 3 is 2.58 bits per heavy atom. The molecule has 0 spiro atoms. The van der Waals surface area contributed by atoms with Crippen molar-refractivity contribution in [1.29, 1.82) is 0 Å². The molecular formula is C11H11BrN2O3S2. The fraction of sp³-hybridized carbons (Fsp3) is 0.182. The number of nitrogens with two attached hydrogens (primary N) is 1. The minimum atomic E-state index is -3.34. The molecule has 2 N–H and O–H groups in total. The highest BCUT2D eigenvalue weighted by Crippen LogP contribution is 2.38. The van der Waals surface area contributed by atoms with Crippen LogP contribution in [-0.2, 0) is 9.84 Å². The Morgan fingerprint density at radius 2 is 2.11 bits per heavy atom. The summed E-state index contributed by atoms with van der Waals surface area (Å²) >= 11 is 4.75. The molecule has 1 aromatic carbocycles. The Balaban J connectivity index is 2.75. The molecule has 0 amide bonds. The molecule has 8 heteroatoms. The van der Waals surface area contributed by atoms with Crippen molar-refractivity contribution in [1.82, 2.24) is 5.16 Å². The molecule has 2 rings (SSSR count). The fourth-order valence-corrected chi connectivity index (χ4v) is 4.75. The van der Waals surface area contributed by atoms with Gasteiger partial charge in [-0.2, -0.15) is 0 Å². The first-order valence-electron chi connectivity index (χ1n) is 5.12. The van der Waals surface area contributed by atoms with Crippen molar-refractivity contribution in [3.63, 3.8) is 0 Å². The number of rotatable bonds is 3. The van der Waals surface area contributed by atoms with Crippen LogP contribution in [0, 0.1) is 0 Å². The van der Waals surface area contributed by atoms with Crippen molar-refractivity contribution in [2.75, 3.05) is 18.2 Å². The number of hydrogen-bond donors (Lipinski definition) is 1. The van der Waals surface area contributed by atoms with Crippen molar-refractivity contribution in [3.05, 3.63) is 22.8 Å². The third kappa shape index (κ3) is 2.80. The highest BCUT2D eigenvalue weighted by Gasteiger charge is 2.19. The van der Waals surface area contributed by atoms with Crippen LogP contribution in [0.5, 0.6) is 0 Å². The number of sulfone groups is 1. The van der Waals surface area contributed by atoms with E-state index in [-0.39, 0.29) is 10.8 Å². The van der Waals surface area contributed by atoms with E-state index in [0.717, 1.165) is 0 Å². The molecule has 0 aliphatic carbocycles. The molecule has 0 unspecified atom stereocenters. The van der Waals surface area contributed by atoms with Gasteiger partial charge in [-0.05, 0) is 39.9 Å². The molecule has 102 valence electrons. The predicted molar refractivity (Wildman–Crippen MR) is 78.9 cm³/mol. The lowest BCUT2D eigenvalue weighted by molar-refractivity contribution is 0.436. The maximum absolute atomic E-state index is 11.9. The summed E-state index contributed by atoms with van der Waals surface area (Å²) < 4.78 is 29.2. The van der Waals surface area contributed by atoms with E-state index in [9.17, 15) is 8.42 Å². The van der Waals surface area contributed by atoms with Gasteiger partial charge in [0.15, 0.2) is 9.84 Å². The third-order valence-corrected chi connectivity index (χ3v) is 5.51. The van der Waals surface area contributed by atoms with E-state index < -0.39 is 9.84 Å². The number of nitrogen functional groups attached to an aromatic ring is 1. The Labute approximate surface area is 123 Å². The number of anilines is 1. The summed E-state index contributed by atoms with van der Waals surface area (Å²) in [5, 5.41) is 3.59. The smallest absolute Gasteiger partial charge is 0.229 e. The van der Waals surface area contributed by atoms with Crippen LogP contribution in [0.15, 0.2) is 37.1 Å². The zero-order valence-electron chi connectivity index (χ0n) is 10.2. The Bertz CT molecular complexity index is 726. The second kappa shape index (κ2) is 5.18. The lowest BCUT2D eigenvalue weighted by atomic mass is 10.1. The molecule has 0 bridgehead atoms. The van der Waals surface area contributed by atoms with E-state index in [0.29, 0.717) is 20.5 Å². The molecular weight excluding hydrogens is 352 g/mol. The van der Waals surface area contributed by atoms with Crippen molar-refractivity contribution >= 4 is 43.4 Å². The summed E-state index contributed by atoms with van der Waals surface area (Å²) in [6.45, 7) is 0. The lowest BCUT2D eigenvalue weighted by Gasteiger charge is -2.10. The second-order valence-electron chi connectivity index (χ2n) is 3.87. The summed E-state index contributed by atoms with van der Waals surface area (Å²) in [5.41, 5.74) is 6.86. The molecule has 0 fully saturated rings. The Morgan fingerprint density at radius 1 is 1.42 bits per heavy atom. The van der Waals surface area contributed by atoms with E-state index in [2.05, 4.69) is 21.1 Å². The molecule has 0 atom stereocenters. The van der Waals surface area contributed by atoms with Crippen molar-refractivity contribution in [3.8, 4) is 11.1 Å². The average molecular weight is 363 g/mol. The first-order chi connectivity index (χ1) is 8.84. The zero-order chi connectivity index (χ0) is 14.2. The number of thioether (sulfide) groups is 1. The van der Waals surface area contributed by atoms with Crippen LogP contribution in [0.3, 0.4) is 0 Å². The SMILES string of the molecule is CSc1c(Br)cc(-c2cnoc2N)cc1S(C)(=O)=O. The van der Waals surface area contributed by atoms with Crippen LogP contribution < -0.4 is 5.73 Å². The van der Waals surface area contributed by atoms with Crippen LogP contribution in [0.2, 0.25) is 0 Å². The third-order valence-electron chi connectivity index (χ3n) is 2.52. The molecule has 1 heterocycles. The molecule has 0 saturated heterocycles. The minimum absolute atomic E-state index is 0.156. The van der Waals surface area contributed by atoms with Gasteiger partial charge in [0.1, 0.15) is 0 Å². The topological polar surface area (TPSA) is 86.2 Å². The van der Waals surface area contributed by atoms with E-state index in [4.69, 9.17) is 10.3 Å². The molecule has 2 aromatic rings. The van der Waals surface area contributed by atoms with Gasteiger partial charge in [-0.15, -0.1) is 11.8 Å². The Kier molecular flexibility index (Phi) is 3.93. The van der Waals surface area contributed by atoms with Crippen LogP contribution >= 0.6 is 27.7 Å². The summed E-state index contributed by atoms with van der Waals surface area (Å²) in [4.78, 5) is 0.922. The molecule has 0 aliphatic heterocycles. The standard InChI is InChI=1S/C11H11BrN2O3S2/c1-18-10-8(12)3-6(4-9(10)19(2,15)16)7-5-14-17-11(7)13/h3-5H,13H2,1-2H3. The van der Waals surface area contributed by atoms with Gasteiger partial charge in [0.2, 0.25) is 5.88 Å². The number of nitrogens with zero attached hydrogens (tertiary/aromatic N) is 1. The van der Waals surface area contributed by atoms with Crippen LogP contribution in [0.25, 0.3) is 11.1 Å². The van der Waals surface area contributed by atoms with E-state index in [1.165, 1.54) is 24.2 Å². The quantitative estimate of drug-likeness (QED) is 0.844. The van der Waals surface area contributed by atoms with Gasteiger partial charge >= 0.3 is 0 Å². The number of hydrogen-bond acceptors (Lipinski definition) is 6. The molecule has 0 radical (unpaired) electrons. The monoisotopic (exact) mass is 362 g/mol. The summed E-state index contributed by atoms with van der Waals surface area (Å²) in [7, 11) is -3.34. The maximum atomic E-state index is 11.9. The lowest BCUT2D eigenvalue weighted by Crippen LogP contribution is -2.01. The molecule has 0 aliphatic rings. The van der Waals surface area contributed by atoms with Gasteiger partial charge in [0.05, 0.1) is 16.7 Å². The first-order valence-corrected chi connectivity index (χ1v) is 9.03. The number of aromatic nitrogens is 1.